The van der Waals surface area contributed by atoms with Gasteiger partial charge in [0.1, 0.15) is 0 Å². The van der Waals surface area contributed by atoms with Crippen molar-refractivity contribution in [3.05, 3.63) is 48.0 Å². The van der Waals surface area contributed by atoms with E-state index in [-0.39, 0.29) is 5.78 Å². The summed E-state index contributed by atoms with van der Waals surface area (Å²) in [5.74, 6) is 2.38. The van der Waals surface area contributed by atoms with Crippen molar-refractivity contribution in [2.24, 2.45) is 0 Å². The van der Waals surface area contributed by atoms with Crippen molar-refractivity contribution in [2.75, 3.05) is 51.3 Å². The number of piperazine rings is 1. The Morgan fingerprint density at radius 1 is 1.06 bits per heavy atom. The predicted molar refractivity (Wildman–Crippen MR) is 122 cm³/mol. The first-order chi connectivity index (χ1) is 15.2. The predicted octanol–water partition coefficient (Wildman–Crippen LogP) is 3.76. The number of ether oxygens (including phenoxy) is 2. The van der Waals surface area contributed by atoms with Gasteiger partial charge in [-0.25, -0.2) is 0 Å². The van der Waals surface area contributed by atoms with Crippen molar-refractivity contribution in [1.29, 1.82) is 0 Å². The van der Waals surface area contributed by atoms with Crippen LogP contribution in [0.15, 0.2) is 42.5 Å². The van der Waals surface area contributed by atoms with Crippen LogP contribution in [0.5, 0.6) is 11.5 Å². The lowest BCUT2D eigenvalue weighted by atomic mass is 10.1. The summed E-state index contributed by atoms with van der Waals surface area (Å²) in [6.45, 7) is 7.32. The number of fused-ring (bicyclic) bond motifs is 1. The van der Waals surface area contributed by atoms with Crippen molar-refractivity contribution in [2.45, 2.75) is 19.8 Å². The fraction of sp³-hybridized carbons (Fsp3) is 0.417. The van der Waals surface area contributed by atoms with Gasteiger partial charge in [0.25, 0.3) is 0 Å². The maximum Gasteiger partial charge on any atom is 0.161 e. The lowest BCUT2D eigenvalue weighted by Gasteiger charge is -2.35. The minimum absolute atomic E-state index is 0.0189. The molecule has 0 bridgehead atoms. The summed E-state index contributed by atoms with van der Waals surface area (Å²) in [7, 11) is 1.59. The zero-order chi connectivity index (χ0) is 21.6. The van der Waals surface area contributed by atoms with Crippen LogP contribution in [0.25, 0.3) is 10.9 Å². The highest BCUT2D eigenvalue weighted by Gasteiger charge is 2.20. The Bertz CT molecular complexity index is 1020. The highest BCUT2D eigenvalue weighted by molar-refractivity contribution is 5.94. The van der Waals surface area contributed by atoms with Crippen molar-refractivity contribution >= 4 is 22.5 Å². The Balaban J connectivity index is 1.18. The van der Waals surface area contributed by atoms with Crippen LogP contribution in [0.2, 0.25) is 0 Å². The molecular formula is C24H30N4O3. The van der Waals surface area contributed by atoms with E-state index in [4.69, 9.17) is 9.47 Å². The maximum absolute atomic E-state index is 11.5. The minimum Gasteiger partial charge on any atom is -0.493 e. The number of carbonyl (C=O) groups excluding carboxylic acids is 1. The second-order valence-corrected chi connectivity index (χ2v) is 7.90. The van der Waals surface area contributed by atoms with Crippen LogP contribution in [0.4, 0.5) is 5.82 Å². The molecule has 1 aliphatic rings. The van der Waals surface area contributed by atoms with Gasteiger partial charge in [0, 0.05) is 37.1 Å². The average Bonchev–Trinajstić information content (AvgIpc) is 3.23. The molecule has 164 valence electrons. The maximum atomic E-state index is 11.5. The molecule has 31 heavy (non-hydrogen) atoms. The van der Waals surface area contributed by atoms with E-state index >= 15 is 0 Å². The average molecular weight is 423 g/mol. The van der Waals surface area contributed by atoms with Gasteiger partial charge >= 0.3 is 0 Å². The Kier molecular flexibility index (Phi) is 6.72. The number of methoxy groups -OCH3 is 1. The number of aromatic amines is 1. The normalized spacial score (nSPS) is 14.7. The summed E-state index contributed by atoms with van der Waals surface area (Å²) in [6, 6.07) is 13.6. The molecule has 0 unspecified atom stereocenters. The van der Waals surface area contributed by atoms with E-state index in [1.165, 1.54) is 5.39 Å². The number of Topliss-reactive ketones (excluding diaryl/α,β-unsaturated/α-hetero) is 1. The number of para-hydroxylation sites is 1. The van der Waals surface area contributed by atoms with Crippen LogP contribution in [0, 0.1) is 0 Å². The highest BCUT2D eigenvalue weighted by Crippen LogP contribution is 2.28. The molecule has 7 heteroatoms. The molecule has 0 radical (unpaired) electrons. The number of nitrogens with one attached hydrogen (secondary N) is 1. The smallest absolute Gasteiger partial charge is 0.161 e. The van der Waals surface area contributed by atoms with Gasteiger partial charge < -0.3 is 14.4 Å². The molecule has 1 N–H and O–H groups in total. The SMILES string of the molecule is COc1cc(C(C)=O)ccc1OCCCCN1CCN(c2n[nH]c3ccccc23)CC1. The lowest BCUT2D eigenvalue weighted by Crippen LogP contribution is -2.46. The number of hydrogen-bond donors (Lipinski definition) is 1. The molecular weight excluding hydrogens is 392 g/mol. The van der Waals surface area contributed by atoms with Gasteiger partial charge in [-0.3, -0.25) is 14.8 Å². The number of rotatable bonds is 9. The number of aromatic nitrogens is 2. The third-order valence-electron chi connectivity index (χ3n) is 5.82. The topological polar surface area (TPSA) is 70.7 Å². The molecule has 1 fully saturated rings. The van der Waals surface area contributed by atoms with Gasteiger partial charge in [0.2, 0.25) is 0 Å². The standard InChI is InChI=1S/C24H30N4O3/c1-18(29)19-9-10-22(23(17-19)30-2)31-16-6-5-11-27-12-14-28(15-13-27)24-20-7-3-4-8-21(20)25-26-24/h3-4,7-10,17H,5-6,11-16H2,1-2H3,(H,25,26). The summed E-state index contributed by atoms with van der Waals surface area (Å²) in [5.41, 5.74) is 1.72. The van der Waals surface area contributed by atoms with Gasteiger partial charge in [-0.15, -0.1) is 0 Å². The van der Waals surface area contributed by atoms with Crippen LogP contribution in [-0.4, -0.2) is 67.3 Å². The molecule has 0 amide bonds. The summed E-state index contributed by atoms with van der Waals surface area (Å²) < 4.78 is 11.2. The van der Waals surface area contributed by atoms with Crippen LogP contribution < -0.4 is 14.4 Å². The van der Waals surface area contributed by atoms with E-state index in [9.17, 15) is 4.79 Å². The molecule has 0 aliphatic carbocycles. The Hall–Kier alpha value is -3.06. The molecule has 4 rings (SSSR count). The number of carbonyl (C=O) groups is 1. The molecule has 0 saturated carbocycles. The third-order valence-corrected chi connectivity index (χ3v) is 5.82. The van der Waals surface area contributed by atoms with E-state index in [2.05, 4.69) is 38.2 Å². The van der Waals surface area contributed by atoms with Gasteiger partial charge in [0.05, 0.1) is 19.2 Å². The second kappa shape index (κ2) is 9.83. The zero-order valence-electron chi connectivity index (χ0n) is 18.3. The molecule has 7 nitrogen and oxygen atoms in total. The molecule has 1 aromatic heterocycles. The monoisotopic (exact) mass is 422 g/mol. The van der Waals surface area contributed by atoms with Crippen LogP contribution in [-0.2, 0) is 0 Å². The molecule has 1 saturated heterocycles. The van der Waals surface area contributed by atoms with E-state index in [1.807, 2.05) is 12.1 Å². The largest absolute Gasteiger partial charge is 0.493 e. The number of anilines is 1. The minimum atomic E-state index is 0.0189. The second-order valence-electron chi connectivity index (χ2n) is 7.90. The zero-order valence-corrected chi connectivity index (χ0v) is 18.3. The lowest BCUT2D eigenvalue weighted by molar-refractivity contribution is 0.101. The van der Waals surface area contributed by atoms with Crippen molar-refractivity contribution < 1.29 is 14.3 Å². The summed E-state index contributed by atoms with van der Waals surface area (Å²) in [4.78, 5) is 16.4. The third kappa shape index (κ3) is 4.99. The van der Waals surface area contributed by atoms with E-state index < -0.39 is 0 Å². The number of unbranched alkanes of at least 4 members (excludes halogenated alkanes) is 1. The Labute approximate surface area is 182 Å². The summed E-state index contributed by atoms with van der Waals surface area (Å²) in [5, 5.41) is 8.85. The number of ketones is 1. The van der Waals surface area contributed by atoms with Crippen molar-refractivity contribution in [1.82, 2.24) is 15.1 Å². The molecule has 1 aliphatic heterocycles. The molecule has 0 spiro atoms. The Morgan fingerprint density at radius 2 is 1.87 bits per heavy atom. The fourth-order valence-corrected chi connectivity index (χ4v) is 4.00. The summed E-state index contributed by atoms with van der Waals surface area (Å²) in [6.07, 6.45) is 2.06. The van der Waals surface area contributed by atoms with Gasteiger partial charge in [-0.1, -0.05) is 12.1 Å². The molecule has 0 atom stereocenters. The number of H-pyrrole nitrogens is 1. The van der Waals surface area contributed by atoms with Crippen LogP contribution in [0.3, 0.4) is 0 Å². The van der Waals surface area contributed by atoms with Crippen LogP contribution >= 0.6 is 0 Å². The van der Waals surface area contributed by atoms with Crippen molar-refractivity contribution in [3.63, 3.8) is 0 Å². The highest BCUT2D eigenvalue weighted by atomic mass is 16.5. The molecule has 2 aromatic carbocycles. The number of nitrogens with zero attached hydrogens (tertiary/aromatic N) is 3. The van der Waals surface area contributed by atoms with E-state index in [0.29, 0.717) is 23.7 Å². The number of benzene rings is 2. The number of hydrogen-bond acceptors (Lipinski definition) is 6. The molecule has 2 heterocycles. The first kappa shape index (κ1) is 21.2. The fourth-order valence-electron chi connectivity index (χ4n) is 4.00. The van der Waals surface area contributed by atoms with E-state index in [0.717, 1.165) is 56.9 Å². The van der Waals surface area contributed by atoms with Crippen molar-refractivity contribution in [3.8, 4) is 11.5 Å². The van der Waals surface area contributed by atoms with Gasteiger partial charge in [0.15, 0.2) is 23.1 Å². The quantitative estimate of drug-likeness (QED) is 0.418. The van der Waals surface area contributed by atoms with Gasteiger partial charge in [-0.2, -0.15) is 5.10 Å². The first-order valence-corrected chi connectivity index (χ1v) is 10.9. The summed E-state index contributed by atoms with van der Waals surface area (Å²) >= 11 is 0. The van der Waals surface area contributed by atoms with E-state index in [1.54, 1.807) is 26.2 Å². The Morgan fingerprint density at radius 3 is 2.65 bits per heavy atom. The van der Waals surface area contributed by atoms with Gasteiger partial charge in [-0.05, 0) is 56.6 Å². The van der Waals surface area contributed by atoms with Crippen LogP contribution in [0.1, 0.15) is 30.1 Å². The first-order valence-electron chi connectivity index (χ1n) is 10.9. The molecule has 3 aromatic rings.